The number of amides is 2. The molecule has 0 bridgehead atoms. The van der Waals surface area contributed by atoms with Crippen molar-refractivity contribution in [2.24, 2.45) is 151 Å². The smallest absolute Gasteiger partial charge is 0.226 e. The van der Waals surface area contributed by atoms with Crippen LogP contribution in [-0.4, -0.2) is 82.5 Å². The molecule has 2 amide bonds. The topological polar surface area (TPSA) is 156 Å². The average molecular weight is 1650 g/mol. The molecule has 9 saturated carbocycles. The monoisotopic (exact) mass is 1650 g/mol. The van der Waals surface area contributed by atoms with Crippen LogP contribution in [-0.2, 0) is 38.4 Å². The quantitative estimate of drug-likeness (QED) is 0.228. The predicted molar refractivity (Wildman–Crippen MR) is 479 cm³/mol. The number of Topliss-reactive ketones (excluding diaryl/α,β-unsaturated/α-hetero) is 3. The maximum atomic E-state index is 14.7. The maximum Gasteiger partial charge on any atom is 0.226 e. The molecule has 2 saturated heterocycles. The number of hydrogen-bond acceptors (Lipinski definition) is 8. The van der Waals surface area contributed by atoms with Crippen LogP contribution in [0.5, 0.6) is 0 Å². The summed E-state index contributed by atoms with van der Waals surface area (Å²) in [5, 5.41) is 0. The minimum Gasteiger partial charge on any atom is -0.343 e. The highest BCUT2D eigenvalue weighted by Crippen LogP contribution is 2.80. The standard InChI is InChI=1S/2C38H54N2O3.C32H45NO2/c2*1-33(2)16-18-38(15-13-30(42)40-20-10-9-11-21-40)19-17-37(7)31(25(38)23-33)27(41)22-29-35(5)24-26(39-8)32(43)34(3,4)28(35)12-14-36(29,37)6;1-10-32-15-13-27(2,3)18-20(32)25-22(34)17-24-29(6)19-21(33-9)26(35)28(4,5)23(29)11-12-30(24,7)31(25,8)14-16-32/h2*22,24-25,28,31H,9-21,23H2,1-7H3;17,19-20,23,25H,10-16,18H2,1-8H3/t2*25-,28-,31-,35-,36+,37+,38+;20-,23-,25-,29-,30+,31+,32+/m000/s1. The molecule has 13 heteroatoms. The number of carbonyl (C=O) groups excluding carboxylic acids is 8. The summed E-state index contributed by atoms with van der Waals surface area (Å²) in [4.78, 5) is 126. The lowest BCUT2D eigenvalue weighted by Gasteiger charge is -2.69. The fourth-order valence-corrected chi connectivity index (χ4v) is 33.9. The largest absolute Gasteiger partial charge is 0.343 e. The van der Waals surface area contributed by atoms with Crippen LogP contribution in [0.15, 0.2) is 70.3 Å². The Morgan fingerprint density at radius 2 is 0.612 bits per heavy atom. The van der Waals surface area contributed by atoms with Gasteiger partial charge in [0.05, 0.1) is 19.7 Å². The van der Waals surface area contributed by atoms with E-state index < -0.39 is 32.5 Å². The van der Waals surface area contributed by atoms with Crippen LogP contribution in [0.1, 0.15) is 358 Å². The third-order valence-corrected chi connectivity index (χ3v) is 41.9. The number of likely N-dealkylation sites (tertiary alicyclic amines) is 2. The Bertz CT molecular complexity index is 4500. The van der Waals surface area contributed by atoms with Crippen molar-refractivity contribution in [3.05, 3.63) is 105 Å². The lowest BCUT2D eigenvalue weighted by Crippen LogP contribution is -2.64. The minimum absolute atomic E-state index is 0.0276. The van der Waals surface area contributed by atoms with E-state index >= 15 is 0 Å². The van der Waals surface area contributed by atoms with Crippen LogP contribution in [0.2, 0.25) is 0 Å². The van der Waals surface area contributed by atoms with Crippen molar-refractivity contribution >= 4 is 46.5 Å². The summed E-state index contributed by atoms with van der Waals surface area (Å²) >= 11 is 0. The van der Waals surface area contributed by atoms with E-state index in [1.165, 1.54) is 55.2 Å². The number of piperidine rings is 2. The number of rotatable bonds is 7. The van der Waals surface area contributed by atoms with E-state index in [4.69, 9.17) is 19.7 Å². The lowest BCUT2D eigenvalue weighted by atomic mass is 9.34. The highest BCUT2D eigenvalue weighted by molar-refractivity contribution is 6.05. The molecular weight excluding hydrogens is 1500 g/mol. The van der Waals surface area contributed by atoms with Crippen LogP contribution < -0.4 is 0 Å². The van der Waals surface area contributed by atoms with E-state index in [9.17, 15) is 38.4 Å². The van der Waals surface area contributed by atoms with E-state index in [0.717, 1.165) is 180 Å². The summed E-state index contributed by atoms with van der Waals surface area (Å²) in [5.74, 6) is 2.59. The summed E-state index contributed by atoms with van der Waals surface area (Å²) in [6.07, 6.45) is 45.6. The Morgan fingerprint density at radius 1 is 0.355 bits per heavy atom. The van der Waals surface area contributed by atoms with Crippen molar-refractivity contribution in [3.8, 4) is 0 Å². The third kappa shape index (κ3) is 13.1. The van der Waals surface area contributed by atoms with Crippen molar-refractivity contribution in [1.29, 1.82) is 0 Å². The molecule has 0 aromatic rings. The van der Waals surface area contributed by atoms with Gasteiger partial charge in [-0.3, -0.25) is 24.0 Å². The Labute approximate surface area is 729 Å². The second-order valence-electron chi connectivity index (χ2n) is 50.0. The zero-order chi connectivity index (χ0) is 88.3. The van der Waals surface area contributed by atoms with Crippen molar-refractivity contribution in [2.45, 2.75) is 358 Å². The molecule has 21 atom stereocenters. The first-order chi connectivity index (χ1) is 56.2. The Kier molecular flexibility index (Phi) is 21.8. The SMILES string of the molecule is [C-]#[N+]C1=C[C@]2(C)C3=CC(=O)[C@@H]4[C@@H]5CC(C)(C)CC[C@]5(CC)CC[C@@]4(C)[C@]3(C)CC[C@H]2C(C)(C)C1=O.[C-]#[N+]C1=C[C@]2(C)C3=CC(=O)[C@@H]4[C@@H]5CC(C)(C)CC[C@]5(CCC(=O)N5CCCCC5)CC[C@@]4(C)[C@]3(C)CC[C@H]2C(C)(C)C1=O.[C-]#[N+]C1=C[C@]2(C)C3=CC(=O)[C@@H]4[C@@H]5CC(C)(C)CC[C@]5(CCC(=O)N5CCCCC5)CC[C@@]4(C)[C@]3(C)CC[C@H]2C(C)(C)C1=O. The first-order valence-electron chi connectivity index (χ1n) is 48.5. The maximum absolute atomic E-state index is 14.7. The second-order valence-corrected chi connectivity index (χ2v) is 50.0. The number of ketones is 6. The van der Waals surface area contributed by atoms with Crippen molar-refractivity contribution < 1.29 is 38.4 Å². The third-order valence-electron chi connectivity index (χ3n) is 41.9. The van der Waals surface area contributed by atoms with Gasteiger partial charge in [-0.2, -0.15) is 0 Å². The molecule has 121 heavy (non-hydrogen) atoms. The molecule has 0 aromatic carbocycles. The van der Waals surface area contributed by atoms with Crippen LogP contribution in [0, 0.1) is 170 Å². The van der Waals surface area contributed by atoms with E-state index in [1.54, 1.807) is 0 Å². The molecule has 0 N–H and O–H groups in total. The van der Waals surface area contributed by atoms with Gasteiger partial charge in [0.25, 0.3) is 0 Å². The Balaban J connectivity index is 0.000000142. The predicted octanol–water partition coefficient (Wildman–Crippen LogP) is 24.7. The molecule has 15 aliphatic carbocycles. The number of carbonyl (C=O) groups is 8. The molecular formula is C108H153N5O8. The van der Waals surface area contributed by atoms with Crippen molar-refractivity contribution in [2.75, 3.05) is 26.2 Å². The van der Waals surface area contributed by atoms with Gasteiger partial charge in [0.2, 0.25) is 28.9 Å². The molecule has 13 nitrogen and oxygen atoms in total. The van der Waals surface area contributed by atoms with Gasteiger partial charge in [-0.25, -0.2) is 14.5 Å². The summed E-state index contributed by atoms with van der Waals surface area (Å²) in [6.45, 7) is 76.9. The minimum atomic E-state index is -0.637. The van der Waals surface area contributed by atoms with Gasteiger partial charge in [-0.1, -0.05) is 194 Å². The molecule has 2 heterocycles. The number of fused-ring (bicyclic) bond motifs is 21. The fraction of sp³-hybridized carbons (Fsp3) is 0.787. The highest BCUT2D eigenvalue weighted by atomic mass is 16.2. The van der Waals surface area contributed by atoms with Crippen molar-refractivity contribution in [3.63, 3.8) is 0 Å². The van der Waals surface area contributed by atoms with Gasteiger partial charge in [-0.05, 0) is 305 Å². The Hall–Kier alpha value is -6.13. The summed E-state index contributed by atoms with van der Waals surface area (Å²) in [5.41, 5.74) is 1.10. The first-order valence-corrected chi connectivity index (χ1v) is 48.5. The molecule has 0 spiro atoms. The fourth-order valence-electron chi connectivity index (χ4n) is 33.9. The molecule has 0 aromatic heterocycles. The first kappa shape index (κ1) is 89.7. The van der Waals surface area contributed by atoms with Gasteiger partial charge in [-0.15, -0.1) is 0 Å². The number of nitrogens with zero attached hydrogens (tertiary/aromatic N) is 5. The number of allylic oxidation sites excluding steroid dienone is 12. The molecule has 2 aliphatic heterocycles. The second kappa shape index (κ2) is 29.5. The van der Waals surface area contributed by atoms with Crippen LogP contribution in [0.25, 0.3) is 14.5 Å². The van der Waals surface area contributed by atoms with Gasteiger partial charge in [0.15, 0.2) is 34.7 Å². The Morgan fingerprint density at radius 3 is 0.884 bits per heavy atom. The van der Waals surface area contributed by atoms with Gasteiger partial charge in [0.1, 0.15) is 0 Å². The van der Waals surface area contributed by atoms with E-state index in [2.05, 4.69) is 135 Å². The zero-order valence-corrected chi connectivity index (χ0v) is 79.1. The summed E-state index contributed by atoms with van der Waals surface area (Å²) in [6, 6.07) is 0. The lowest BCUT2D eigenvalue weighted by molar-refractivity contribution is -0.174. The van der Waals surface area contributed by atoms with Crippen LogP contribution in [0.4, 0.5) is 0 Å². The van der Waals surface area contributed by atoms with Crippen molar-refractivity contribution in [1.82, 2.24) is 9.80 Å². The van der Waals surface area contributed by atoms with E-state index in [0.29, 0.717) is 41.8 Å². The summed E-state index contributed by atoms with van der Waals surface area (Å²) < 4.78 is 0. The zero-order valence-electron chi connectivity index (χ0n) is 79.1. The molecule has 11 fully saturated rings. The molecule has 17 aliphatic rings. The van der Waals surface area contributed by atoms with E-state index in [-0.39, 0.29) is 153 Å². The molecule has 0 unspecified atom stereocenters. The number of hydrogen-bond donors (Lipinski definition) is 0. The summed E-state index contributed by atoms with van der Waals surface area (Å²) in [7, 11) is 0. The molecule has 17 rings (SSSR count). The van der Waals surface area contributed by atoms with Gasteiger partial charge < -0.3 is 24.2 Å². The van der Waals surface area contributed by atoms with E-state index in [1.807, 2.05) is 78.0 Å². The van der Waals surface area contributed by atoms with Crippen LogP contribution >= 0.6 is 0 Å². The van der Waals surface area contributed by atoms with Crippen LogP contribution in [0.3, 0.4) is 0 Å². The normalized spacial score (nSPS) is 44.5. The average Bonchev–Trinajstić information content (AvgIpc) is 0.678. The van der Waals surface area contributed by atoms with Gasteiger partial charge in [0, 0.05) is 89.3 Å². The molecule has 0 radical (unpaired) electrons. The molecule has 658 valence electrons. The van der Waals surface area contributed by atoms with Gasteiger partial charge >= 0.3 is 0 Å². The highest BCUT2D eigenvalue weighted by Gasteiger charge is 2.75.